The van der Waals surface area contributed by atoms with E-state index in [0.29, 0.717) is 0 Å². The number of para-hydroxylation sites is 6. The van der Waals surface area contributed by atoms with Crippen molar-refractivity contribution in [2.24, 2.45) is 0 Å². The smallest absolute Gasteiger partial charge is 0.0641 e. The molecule has 6 aromatic heterocycles. The van der Waals surface area contributed by atoms with Gasteiger partial charge in [0.15, 0.2) is 0 Å². The zero-order valence-corrected chi connectivity index (χ0v) is 38.9. The fourth-order valence-corrected chi connectivity index (χ4v) is 13.2. The van der Waals surface area contributed by atoms with E-state index in [0.717, 1.165) is 16.9 Å². The van der Waals surface area contributed by atoms with E-state index in [-0.39, 0.29) is 0 Å². The summed E-state index contributed by atoms with van der Waals surface area (Å²) in [7, 11) is 0. The summed E-state index contributed by atoms with van der Waals surface area (Å²) < 4.78 is 10.2. The molecule has 4 nitrogen and oxygen atoms in total. The van der Waals surface area contributed by atoms with Crippen LogP contribution in [0.3, 0.4) is 0 Å². The van der Waals surface area contributed by atoms with Crippen molar-refractivity contribution < 1.29 is 0 Å². The fraction of sp³-hybridized carbons (Fsp3) is 0.0149. The van der Waals surface area contributed by atoms with Crippen LogP contribution in [-0.4, -0.2) is 17.9 Å². The Labute approximate surface area is 407 Å². The highest BCUT2D eigenvalue weighted by atomic mass is 15.0. The van der Waals surface area contributed by atoms with Gasteiger partial charge in [-0.3, -0.25) is 0 Å². The zero-order chi connectivity index (χ0) is 46.6. The second-order valence-electron chi connectivity index (χ2n) is 19.1. The van der Waals surface area contributed by atoms with E-state index in [1.807, 2.05) is 6.08 Å². The SMILES string of the molecule is C=C/C=C(\C=C/C)c1c2c3cccc4c5c6c(ccc5n(c2c(-c2ccccc2)c2c5cccc7c8c9c(ccc8n(c12)c57)c1ccccc1n9-c1ccccc1)c34)c1ccccc1n6-c1ccccc1. The average Bonchev–Trinajstić information content (AvgIpc) is 4.28. The standard InChI is InChI=1S/C67H42N4/c1-3-20-40(21-4-2)56-60-50-32-18-30-48-59-55(39-37-47-45-29-15-17-35-53(45)69(65(47)59)43-26-12-7-13-27-43)71(62(48)50)67(60)57(41-22-8-5-9-23-41)61-51-33-19-31-49-58-54(70(63(49)51)66(56)61)38-36-46-44-28-14-16-34-52(44)68(64(46)58)42-24-10-6-11-25-42/h3-39H,1H2,2H3/b21-4-,40-20+. The lowest BCUT2D eigenvalue weighted by molar-refractivity contribution is 1.19. The Hall–Kier alpha value is -9.38. The van der Waals surface area contributed by atoms with Gasteiger partial charge in [-0.1, -0.05) is 183 Å². The van der Waals surface area contributed by atoms with Crippen LogP contribution in [0.5, 0.6) is 0 Å². The summed E-state index contributed by atoms with van der Waals surface area (Å²) in [5.74, 6) is 0. The van der Waals surface area contributed by atoms with Crippen LogP contribution in [0, 0.1) is 0 Å². The first kappa shape index (κ1) is 38.6. The third-order valence-corrected chi connectivity index (χ3v) is 15.6. The molecule has 0 bridgehead atoms. The molecule has 0 spiro atoms. The van der Waals surface area contributed by atoms with E-state index in [9.17, 15) is 0 Å². The topological polar surface area (TPSA) is 18.7 Å². The summed E-state index contributed by atoms with van der Waals surface area (Å²) in [6.07, 6.45) is 8.63. The van der Waals surface area contributed by atoms with Gasteiger partial charge in [0.05, 0.1) is 55.2 Å². The third kappa shape index (κ3) is 4.79. The van der Waals surface area contributed by atoms with Crippen LogP contribution < -0.4 is 0 Å². The summed E-state index contributed by atoms with van der Waals surface area (Å²) in [6.45, 7) is 6.46. The Balaban J connectivity index is 1.19. The molecule has 0 aliphatic rings. The van der Waals surface area contributed by atoms with Gasteiger partial charge in [-0.15, -0.1) is 0 Å². The van der Waals surface area contributed by atoms with Crippen LogP contribution in [0.25, 0.3) is 148 Å². The molecule has 0 unspecified atom stereocenters. The van der Waals surface area contributed by atoms with Gasteiger partial charge < -0.3 is 17.9 Å². The summed E-state index contributed by atoms with van der Waals surface area (Å²) in [6, 6.07) is 74.2. The Bertz CT molecular complexity index is 4970. The molecule has 71 heavy (non-hydrogen) atoms. The van der Waals surface area contributed by atoms with E-state index in [2.05, 4.69) is 250 Å². The minimum Gasteiger partial charge on any atom is -0.309 e. The molecule has 0 N–H and O–H groups in total. The van der Waals surface area contributed by atoms with Crippen molar-refractivity contribution in [3.63, 3.8) is 0 Å². The normalized spacial score (nSPS) is 12.9. The van der Waals surface area contributed by atoms with Gasteiger partial charge in [-0.25, -0.2) is 0 Å². The molecule has 0 fully saturated rings. The highest BCUT2D eigenvalue weighted by Crippen LogP contribution is 2.55. The minimum atomic E-state index is 1.12. The highest BCUT2D eigenvalue weighted by Gasteiger charge is 2.32. The maximum absolute atomic E-state index is 4.33. The van der Waals surface area contributed by atoms with Gasteiger partial charge in [0.1, 0.15) is 0 Å². The van der Waals surface area contributed by atoms with Crippen LogP contribution >= 0.6 is 0 Å². The summed E-state index contributed by atoms with van der Waals surface area (Å²) in [5, 5.41) is 15.0. The molecular weight excluding hydrogens is 861 g/mol. The van der Waals surface area contributed by atoms with Crippen LogP contribution in [-0.2, 0) is 0 Å². The van der Waals surface area contributed by atoms with Gasteiger partial charge >= 0.3 is 0 Å². The first-order valence-electron chi connectivity index (χ1n) is 24.6. The number of aromatic nitrogens is 4. The monoisotopic (exact) mass is 902 g/mol. The molecule has 0 atom stereocenters. The highest BCUT2D eigenvalue weighted by molar-refractivity contribution is 6.39. The predicted molar refractivity (Wildman–Crippen MR) is 303 cm³/mol. The minimum absolute atomic E-state index is 1.12. The van der Waals surface area contributed by atoms with Gasteiger partial charge in [0.2, 0.25) is 0 Å². The molecule has 0 saturated heterocycles. The van der Waals surface area contributed by atoms with Crippen molar-refractivity contribution in [2.75, 3.05) is 0 Å². The van der Waals surface area contributed by atoms with Crippen molar-refractivity contribution >= 4 is 125 Å². The Morgan fingerprint density at radius 1 is 0.366 bits per heavy atom. The number of fused-ring (bicyclic) bond motifs is 20. The molecule has 0 amide bonds. The Morgan fingerprint density at radius 2 is 0.817 bits per heavy atom. The molecule has 16 aromatic rings. The third-order valence-electron chi connectivity index (χ3n) is 15.6. The zero-order valence-electron chi connectivity index (χ0n) is 38.9. The average molecular weight is 903 g/mol. The Morgan fingerprint density at radius 3 is 1.34 bits per heavy atom. The number of rotatable bonds is 6. The van der Waals surface area contributed by atoms with Gasteiger partial charge in [-0.05, 0) is 66.6 Å². The summed E-state index contributed by atoms with van der Waals surface area (Å²) in [4.78, 5) is 0. The van der Waals surface area contributed by atoms with Gasteiger partial charge in [0.25, 0.3) is 0 Å². The lowest BCUT2D eigenvalue weighted by Gasteiger charge is -2.16. The number of hydrogen-bond donors (Lipinski definition) is 0. The van der Waals surface area contributed by atoms with E-state index in [4.69, 9.17) is 0 Å². The molecule has 0 aliphatic carbocycles. The van der Waals surface area contributed by atoms with Gasteiger partial charge in [0, 0.05) is 87.1 Å². The van der Waals surface area contributed by atoms with E-state index < -0.39 is 0 Å². The van der Waals surface area contributed by atoms with Crippen LogP contribution in [0.15, 0.2) is 231 Å². The fourth-order valence-electron chi connectivity index (χ4n) is 13.2. The van der Waals surface area contributed by atoms with Crippen LogP contribution in [0.4, 0.5) is 0 Å². The lowest BCUT2D eigenvalue weighted by Crippen LogP contribution is -1.96. The Kier molecular flexibility index (Phi) is 7.66. The van der Waals surface area contributed by atoms with E-state index in [1.54, 1.807) is 0 Å². The number of benzene rings is 10. The van der Waals surface area contributed by atoms with Gasteiger partial charge in [-0.2, -0.15) is 0 Å². The summed E-state index contributed by atoms with van der Waals surface area (Å²) >= 11 is 0. The molecular formula is C67H42N4. The van der Waals surface area contributed by atoms with Crippen LogP contribution in [0.1, 0.15) is 12.5 Å². The summed E-state index contributed by atoms with van der Waals surface area (Å²) in [5.41, 5.74) is 19.2. The molecule has 330 valence electrons. The molecule has 6 heterocycles. The van der Waals surface area contributed by atoms with E-state index >= 15 is 0 Å². The number of nitrogens with zero attached hydrogens (tertiary/aromatic N) is 4. The second-order valence-corrected chi connectivity index (χ2v) is 19.1. The molecule has 16 rings (SSSR count). The van der Waals surface area contributed by atoms with E-state index in [1.165, 1.54) is 136 Å². The molecule has 0 radical (unpaired) electrons. The molecule has 4 heteroatoms. The molecule has 10 aromatic carbocycles. The quantitative estimate of drug-likeness (QED) is 0.148. The largest absolute Gasteiger partial charge is 0.309 e. The molecule has 0 saturated carbocycles. The maximum atomic E-state index is 4.33. The van der Waals surface area contributed by atoms with Crippen molar-refractivity contribution in [3.8, 4) is 22.5 Å². The van der Waals surface area contributed by atoms with Crippen molar-refractivity contribution in [1.29, 1.82) is 0 Å². The number of allylic oxidation sites excluding steroid dienone is 5. The lowest BCUT2D eigenvalue weighted by atomic mass is 9.89. The van der Waals surface area contributed by atoms with Crippen LogP contribution in [0.2, 0.25) is 0 Å². The number of hydrogen-bond acceptors (Lipinski definition) is 0. The predicted octanol–water partition coefficient (Wildman–Crippen LogP) is 18.0. The van der Waals surface area contributed by atoms with Crippen molar-refractivity contribution in [2.45, 2.75) is 6.92 Å². The first-order chi connectivity index (χ1) is 35.2. The molecule has 0 aliphatic heterocycles. The second kappa shape index (κ2) is 14.1. The van der Waals surface area contributed by atoms with Crippen molar-refractivity contribution in [1.82, 2.24) is 17.9 Å². The first-order valence-corrected chi connectivity index (χ1v) is 24.6. The maximum Gasteiger partial charge on any atom is 0.0641 e. The van der Waals surface area contributed by atoms with Crippen molar-refractivity contribution in [3.05, 3.63) is 237 Å².